The second kappa shape index (κ2) is 3.69. The zero-order chi connectivity index (χ0) is 9.15. The average Bonchev–Trinajstić information content (AvgIpc) is 2.33. The van der Waals surface area contributed by atoms with E-state index in [0.29, 0.717) is 5.91 Å². The Bertz CT molecular complexity index is 194. The molecule has 1 aliphatic carbocycles. The van der Waals surface area contributed by atoms with Crippen LogP contribution in [0.2, 0.25) is 0 Å². The summed E-state index contributed by atoms with van der Waals surface area (Å²) in [6.45, 7) is 0.903. The van der Waals surface area contributed by atoms with Crippen LogP contribution in [0.4, 0.5) is 0 Å². The monoisotopic (exact) mass is 181 g/mol. The summed E-state index contributed by atoms with van der Waals surface area (Å²) in [7, 11) is 0. The fourth-order valence-electron chi connectivity index (χ4n) is 2.80. The van der Waals surface area contributed by atoms with Crippen LogP contribution in [-0.4, -0.2) is 12.5 Å². The van der Waals surface area contributed by atoms with Gasteiger partial charge in [0.05, 0.1) is 0 Å². The van der Waals surface area contributed by atoms with Gasteiger partial charge in [-0.05, 0) is 25.7 Å². The summed E-state index contributed by atoms with van der Waals surface area (Å²) < 4.78 is 0. The van der Waals surface area contributed by atoms with Crippen molar-refractivity contribution in [3.8, 4) is 0 Å². The van der Waals surface area contributed by atoms with Gasteiger partial charge < -0.3 is 5.32 Å². The third-order valence-corrected chi connectivity index (χ3v) is 3.66. The van der Waals surface area contributed by atoms with Crippen molar-refractivity contribution in [2.24, 2.45) is 5.41 Å². The van der Waals surface area contributed by atoms with Crippen molar-refractivity contribution in [3.63, 3.8) is 0 Å². The van der Waals surface area contributed by atoms with Gasteiger partial charge in [-0.3, -0.25) is 4.79 Å². The van der Waals surface area contributed by atoms with Crippen molar-refractivity contribution in [3.05, 3.63) is 0 Å². The van der Waals surface area contributed by atoms with Crippen LogP contribution in [-0.2, 0) is 4.79 Å². The lowest BCUT2D eigenvalue weighted by atomic mass is 9.71. The molecule has 1 amide bonds. The first-order chi connectivity index (χ1) is 6.33. The van der Waals surface area contributed by atoms with Gasteiger partial charge in [0.25, 0.3) is 0 Å². The maximum Gasteiger partial charge on any atom is 0.226 e. The summed E-state index contributed by atoms with van der Waals surface area (Å²) in [5.74, 6) is 0.352. The standard InChI is InChI=1S/C11H19NO/c13-10-11(6-2-1-3-7-11)8-4-5-9-12-10/h1-9H2,(H,12,13). The number of carbonyl (C=O) groups is 1. The van der Waals surface area contributed by atoms with Crippen molar-refractivity contribution < 1.29 is 4.79 Å². The largest absolute Gasteiger partial charge is 0.356 e. The molecule has 13 heavy (non-hydrogen) atoms. The van der Waals surface area contributed by atoms with Gasteiger partial charge in [-0.2, -0.15) is 0 Å². The van der Waals surface area contributed by atoms with E-state index >= 15 is 0 Å². The van der Waals surface area contributed by atoms with E-state index in [1.54, 1.807) is 0 Å². The summed E-state index contributed by atoms with van der Waals surface area (Å²) in [5, 5.41) is 3.07. The lowest BCUT2D eigenvalue weighted by molar-refractivity contribution is -0.132. The fraction of sp³-hybridized carbons (Fsp3) is 0.909. The topological polar surface area (TPSA) is 29.1 Å². The minimum atomic E-state index is 0.0503. The molecule has 2 rings (SSSR count). The Morgan fingerprint density at radius 3 is 2.23 bits per heavy atom. The Labute approximate surface area is 80.1 Å². The number of nitrogens with one attached hydrogen (secondary N) is 1. The summed E-state index contributed by atoms with van der Waals surface area (Å²) in [4.78, 5) is 11.9. The van der Waals surface area contributed by atoms with Gasteiger partial charge in [-0.15, -0.1) is 0 Å². The van der Waals surface area contributed by atoms with Crippen LogP contribution in [0.15, 0.2) is 0 Å². The van der Waals surface area contributed by atoms with Crippen molar-refractivity contribution in [1.82, 2.24) is 5.32 Å². The van der Waals surface area contributed by atoms with E-state index in [0.717, 1.165) is 25.8 Å². The third-order valence-electron chi connectivity index (χ3n) is 3.66. The van der Waals surface area contributed by atoms with Crippen molar-refractivity contribution in [2.75, 3.05) is 6.54 Å². The van der Waals surface area contributed by atoms with E-state index < -0.39 is 0 Å². The quantitative estimate of drug-likeness (QED) is 0.610. The molecular weight excluding hydrogens is 162 g/mol. The van der Waals surface area contributed by atoms with E-state index in [1.165, 1.54) is 32.1 Å². The number of rotatable bonds is 0. The molecule has 1 N–H and O–H groups in total. The molecule has 1 heterocycles. The first-order valence-corrected chi connectivity index (χ1v) is 5.62. The molecule has 2 nitrogen and oxygen atoms in total. The van der Waals surface area contributed by atoms with E-state index in [1.807, 2.05) is 0 Å². The number of amides is 1. The van der Waals surface area contributed by atoms with Crippen LogP contribution < -0.4 is 5.32 Å². The van der Waals surface area contributed by atoms with E-state index in [9.17, 15) is 4.79 Å². The summed E-state index contributed by atoms with van der Waals surface area (Å²) >= 11 is 0. The predicted octanol–water partition coefficient (Wildman–Crippen LogP) is 2.24. The molecule has 1 aliphatic heterocycles. The summed E-state index contributed by atoms with van der Waals surface area (Å²) in [6.07, 6.45) is 9.67. The normalized spacial score (nSPS) is 28.2. The van der Waals surface area contributed by atoms with Crippen molar-refractivity contribution in [1.29, 1.82) is 0 Å². The SMILES string of the molecule is O=C1NCCCCC12CCCCC2. The first-order valence-electron chi connectivity index (χ1n) is 5.62. The van der Waals surface area contributed by atoms with Gasteiger partial charge in [-0.25, -0.2) is 0 Å². The Balaban J connectivity index is 2.10. The van der Waals surface area contributed by atoms with Gasteiger partial charge in [-0.1, -0.05) is 25.7 Å². The molecule has 0 radical (unpaired) electrons. The Morgan fingerprint density at radius 2 is 1.54 bits per heavy atom. The zero-order valence-corrected chi connectivity index (χ0v) is 8.27. The smallest absolute Gasteiger partial charge is 0.226 e. The van der Waals surface area contributed by atoms with Crippen LogP contribution >= 0.6 is 0 Å². The molecule has 2 aliphatic rings. The van der Waals surface area contributed by atoms with Gasteiger partial charge in [0.1, 0.15) is 0 Å². The van der Waals surface area contributed by atoms with E-state index in [4.69, 9.17) is 0 Å². The van der Waals surface area contributed by atoms with Crippen LogP contribution in [0, 0.1) is 5.41 Å². The number of hydrogen-bond acceptors (Lipinski definition) is 1. The lowest BCUT2D eigenvalue weighted by Gasteiger charge is -2.34. The molecule has 74 valence electrons. The highest BCUT2D eigenvalue weighted by Gasteiger charge is 2.39. The van der Waals surface area contributed by atoms with E-state index in [2.05, 4.69) is 5.32 Å². The summed E-state index contributed by atoms with van der Waals surface area (Å²) in [5.41, 5.74) is 0.0503. The summed E-state index contributed by atoms with van der Waals surface area (Å²) in [6, 6.07) is 0. The highest BCUT2D eigenvalue weighted by molar-refractivity contribution is 5.82. The third kappa shape index (κ3) is 1.72. The molecule has 0 unspecified atom stereocenters. The maximum atomic E-state index is 11.9. The molecule has 0 aromatic carbocycles. The number of hydrogen-bond donors (Lipinski definition) is 1. The second-order valence-corrected chi connectivity index (χ2v) is 4.55. The molecule has 2 heteroatoms. The minimum absolute atomic E-state index is 0.0503. The van der Waals surface area contributed by atoms with Crippen LogP contribution in [0.25, 0.3) is 0 Å². The predicted molar refractivity (Wildman–Crippen MR) is 52.4 cm³/mol. The second-order valence-electron chi connectivity index (χ2n) is 4.55. The average molecular weight is 181 g/mol. The highest BCUT2D eigenvalue weighted by atomic mass is 16.2. The molecule has 1 saturated carbocycles. The Hall–Kier alpha value is -0.530. The highest BCUT2D eigenvalue weighted by Crippen LogP contribution is 2.41. The molecule has 0 atom stereocenters. The van der Waals surface area contributed by atoms with Gasteiger partial charge in [0, 0.05) is 12.0 Å². The molecule has 1 spiro atoms. The van der Waals surface area contributed by atoms with E-state index in [-0.39, 0.29) is 5.41 Å². The minimum Gasteiger partial charge on any atom is -0.356 e. The van der Waals surface area contributed by atoms with Gasteiger partial charge in [0.15, 0.2) is 0 Å². The fourth-order valence-corrected chi connectivity index (χ4v) is 2.80. The molecule has 0 aromatic rings. The Morgan fingerprint density at radius 1 is 0.923 bits per heavy atom. The molecule has 0 aromatic heterocycles. The number of carbonyl (C=O) groups excluding carboxylic acids is 1. The van der Waals surface area contributed by atoms with Crippen molar-refractivity contribution in [2.45, 2.75) is 51.4 Å². The molecule has 1 saturated heterocycles. The molecule has 2 fully saturated rings. The molecular formula is C11H19NO. The lowest BCUT2D eigenvalue weighted by Crippen LogP contribution is -2.40. The van der Waals surface area contributed by atoms with Crippen molar-refractivity contribution >= 4 is 5.91 Å². The first kappa shape index (κ1) is 9.04. The van der Waals surface area contributed by atoms with Gasteiger partial charge >= 0.3 is 0 Å². The van der Waals surface area contributed by atoms with Gasteiger partial charge in [0.2, 0.25) is 5.91 Å². The van der Waals surface area contributed by atoms with Crippen LogP contribution in [0.1, 0.15) is 51.4 Å². The molecule has 0 bridgehead atoms. The zero-order valence-electron chi connectivity index (χ0n) is 8.27. The maximum absolute atomic E-state index is 11.9. The van der Waals surface area contributed by atoms with Crippen LogP contribution in [0.3, 0.4) is 0 Å². The van der Waals surface area contributed by atoms with Crippen LogP contribution in [0.5, 0.6) is 0 Å². The Kier molecular flexibility index (Phi) is 2.56.